The zero-order valence-corrected chi connectivity index (χ0v) is 12.0. The molecule has 3 rings (SSSR count). The third-order valence-corrected chi connectivity index (χ3v) is 3.14. The van der Waals surface area contributed by atoms with Gasteiger partial charge in [-0.05, 0) is 32.0 Å². The number of aryl methyl sites for hydroxylation is 1. The van der Waals surface area contributed by atoms with Gasteiger partial charge in [0.05, 0.1) is 5.69 Å². The van der Waals surface area contributed by atoms with Crippen LogP contribution in [0.25, 0.3) is 0 Å². The van der Waals surface area contributed by atoms with Crippen molar-refractivity contribution < 1.29 is 18.8 Å². The summed E-state index contributed by atoms with van der Waals surface area (Å²) in [5, 5.41) is 9.10. The van der Waals surface area contributed by atoms with Crippen molar-refractivity contribution in [3.63, 3.8) is 0 Å². The van der Waals surface area contributed by atoms with Gasteiger partial charge < -0.3 is 19.9 Å². The molecule has 0 aliphatic carbocycles. The molecule has 1 aromatic carbocycles. The fourth-order valence-electron chi connectivity index (χ4n) is 2.06. The van der Waals surface area contributed by atoms with E-state index in [1.54, 1.807) is 32.0 Å². The number of nitrogens with one attached hydrogen (secondary N) is 2. The molecule has 0 saturated carbocycles. The Balaban J connectivity index is 1.75. The first kappa shape index (κ1) is 14.1. The maximum atomic E-state index is 12.2. The average Bonchev–Trinajstić information content (AvgIpc) is 2.93. The van der Waals surface area contributed by atoms with Gasteiger partial charge in [-0.2, -0.15) is 4.98 Å². The van der Waals surface area contributed by atoms with E-state index in [4.69, 9.17) is 9.26 Å². The number of fused-ring (bicyclic) bond motifs is 1. The number of amides is 2. The van der Waals surface area contributed by atoms with Crippen LogP contribution in [-0.2, 0) is 4.79 Å². The van der Waals surface area contributed by atoms with E-state index in [1.165, 1.54) is 0 Å². The molecular formula is C14H14N4O4. The van der Waals surface area contributed by atoms with Crippen LogP contribution in [0.15, 0.2) is 22.7 Å². The van der Waals surface area contributed by atoms with Crippen molar-refractivity contribution in [2.75, 3.05) is 11.9 Å². The maximum absolute atomic E-state index is 12.2. The zero-order chi connectivity index (χ0) is 15.7. The van der Waals surface area contributed by atoms with Crippen LogP contribution in [0.4, 0.5) is 5.69 Å². The van der Waals surface area contributed by atoms with Crippen molar-refractivity contribution in [3.8, 4) is 5.75 Å². The summed E-state index contributed by atoms with van der Waals surface area (Å²) in [4.78, 5) is 27.6. The summed E-state index contributed by atoms with van der Waals surface area (Å²) in [5.74, 6) is 0.813. The molecule has 2 amide bonds. The quantitative estimate of drug-likeness (QED) is 0.882. The molecule has 8 nitrogen and oxygen atoms in total. The monoisotopic (exact) mass is 302 g/mol. The van der Waals surface area contributed by atoms with Gasteiger partial charge in [0.2, 0.25) is 5.89 Å². The second kappa shape index (κ2) is 5.47. The summed E-state index contributed by atoms with van der Waals surface area (Å²) in [7, 11) is 0. The van der Waals surface area contributed by atoms with Gasteiger partial charge in [-0.1, -0.05) is 5.16 Å². The lowest BCUT2D eigenvalue weighted by Crippen LogP contribution is -2.28. The molecule has 1 atom stereocenters. The van der Waals surface area contributed by atoms with Crippen molar-refractivity contribution in [3.05, 3.63) is 35.5 Å². The summed E-state index contributed by atoms with van der Waals surface area (Å²) in [5.41, 5.74) is 0.873. The highest BCUT2D eigenvalue weighted by Gasteiger charge is 2.20. The summed E-state index contributed by atoms with van der Waals surface area (Å²) in [6.45, 7) is 3.42. The van der Waals surface area contributed by atoms with E-state index in [-0.39, 0.29) is 18.4 Å². The van der Waals surface area contributed by atoms with Crippen LogP contribution in [0.5, 0.6) is 5.75 Å². The minimum atomic E-state index is -0.421. The maximum Gasteiger partial charge on any atom is 0.262 e. The lowest BCUT2D eigenvalue weighted by molar-refractivity contribution is -0.118. The van der Waals surface area contributed by atoms with Gasteiger partial charge in [0.1, 0.15) is 11.8 Å². The highest BCUT2D eigenvalue weighted by molar-refractivity contribution is 5.99. The first-order chi connectivity index (χ1) is 10.5. The second-order valence-corrected chi connectivity index (χ2v) is 4.92. The topological polar surface area (TPSA) is 106 Å². The lowest BCUT2D eigenvalue weighted by atomic mass is 10.1. The number of aromatic nitrogens is 2. The first-order valence-corrected chi connectivity index (χ1v) is 6.70. The Hall–Kier alpha value is -2.90. The molecule has 0 radical (unpaired) electrons. The molecule has 8 heteroatoms. The second-order valence-electron chi connectivity index (χ2n) is 4.92. The van der Waals surface area contributed by atoms with Crippen molar-refractivity contribution >= 4 is 17.5 Å². The van der Waals surface area contributed by atoms with Crippen LogP contribution < -0.4 is 15.4 Å². The molecule has 2 heterocycles. The fraction of sp³-hybridized carbons (Fsp3) is 0.286. The van der Waals surface area contributed by atoms with Crippen LogP contribution in [0.3, 0.4) is 0 Å². The standard InChI is InChI=1S/C14H14N4O4/c1-7(14-16-8(2)18-22-14)15-13(20)9-3-4-11-10(5-9)17-12(19)6-21-11/h3-5,7H,6H2,1-2H3,(H,15,20)(H,17,19)/t7-/m0/s1. The molecule has 0 unspecified atom stereocenters. The number of carbonyl (C=O) groups excluding carboxylic acids is 2. The van der Waals surface area contributed by atoms with Crippen molar-refractivity contribution in [2.45, 2.75) is 19.9 Å². The summed E-state index contributed by atoms with van der Waals surface area (Å²) >= 11 is 0. The van der Waals surface area contributed by atoms with Gasteiger partial charge in [0.25, 0.3) is 11.8 Å². The number of hydrogen-bond donors (Lipinski definition) is 2. The Morgan fingerprint density at radius 1 is 1.45 bits per heavy atom. The SMILES string of the molecule is Cc1noc([C@H](C)NC(=O)c2ccc3c(c2)NC(=O)CO3)n1. The van der Waals surface area contributed by atoms with Crippen LogP contribution in [0.1, 0.15) is 35.0 Å². The average molecular weight is 302 g/mol. The van der Waals surface area contributed by atoms with Gasteiger partial charge in [-0.15, -0.1) is 0 Å². The Morgan fingerprint density at radius 2 is 2.27 bits per heavy atom. The summed E-state index contributed by atoms with van der Waals surface area (Å²) in [6, 6.07) is 4.41. The Labute approximate surface area is 125 Å². The number of anilines is 1. The molecule has 0 saturated heterocycles. The first-order valence-electron chi connectivity index (χ1n) is 6.70. The third-order valence-electron chi connectivity index (χ3n) is 3.14. The van der Waals surface area contributed by atoms with E-state index in [0.29, 0.717) is 28.7 Å². The van der Waals surface area contributed by atoms with Gasteiger partial charge in [0.15, 0.2) is 12.4 Å². The largest absolute Gasteiger partial charge is 0.482 e. The summed E-state index contributed by atoms with van der Waals surface area (Å²) < 4.78 is 10.3. The number of benzene rings is 1. The number of rotatable bonds is 3. The molecule has 2 aromatic rings. The van der Waals surface area contributed by atoms with Gasteiger partial charge >= 0.3 is 0 Å². The van der Waals surface area contributed by atoms with Crippen LogP contribution in [0.2, 0.25) is 0 Å². The fourth-order valence-corrected chi connectivity index (χ4v) is 2.06. The molecule has 0 bridgehead atoms. The smallest absolute Gasteiger partial charge is 0.262 e. The van der Waals surface area contributed by atoms with E-state index in [2.05, 4.69) is 20.8 Å². The Bertz CT molecular complexity index is 740. The van der Waals surface area contributed by atoms with E-state index >= 15 is 0 Å². The van der Waals surface area contributed by atoms with Crippen molar-refractivity contribution in [1.29, 1.82) is 0 Å². The normalized spacial score (nSPS) is 14.5. The van der Waals surface area contributed by atoms with Gasteiger partial charge in [-0.25, -0.2) is 0 Å². The van der Waals surface area contributed by atoms with E-state index in [0.717, 1.165) is 0 Å². The minimum Gasteiger partial charge on any atom is -0.482 e. The number of carbonyl (C=O) groups is 2. The van der Waals surface area contributed by atoms with Gasteiger partial charge in [0, 0.05) is 5.56 Å². The van der Waals surface area contributed by atoms with Crippen molar-refractivity contribution in [2.24, 2.45) is 0 Å². The zero-order valence-electron chi connectivity index (χ0n) is 12.0. The molecular weight excluding hydrogens is 288 g/mol. The molecule has 2 N–H and O–H groups in total. The van der Waals surface area contributed by atoms with Crippen LogP contribution in [0, 0.1) is 6.92 Å². The number of hydrogen-bond acceptors (Lipinski definition) is 6. The molecule has 1 aliphatic heterocycles. The molecule has 114 valence electrons. The minimum absolute atomic E-state index is 0.0217. The van der Waals surface area contributed by atoms with E-state index in [9.17, 15) is 9.59 Å². The predicted octanol–water partition coefficient (Wildman–Crippen LogP) is 1.20. The number of nitrogens with zero attached hydrogens (tertiary/aromatic N) is 2. The van der Waals surface area contributed by atoms with E-state index < -0.39 is 6.04 Å². The predicted molar refractivity (Wildman–Crippen MR) is 75.5 cm³/mol. The molecule has 1 aliphatic rings. The molecule has 1 aromatic heterocycles. The summed E-state index contributed by atoms with van der Waals surface area (Å²) in [6.07, 6.45) is 0. The molecule has 0 fully saturated rings. The van der Waals surface area contributed by atoms with E-state index in [1.807, 2.05) is 0 Å². The third kappa shape index (κ3) is 2.76. The molecule has 22 heavy (non-hydrogen) atoms. The highest BCUT2D eigenvalue weighted by Crippen LogP contribution is 2.28. The highest BCUT2D eigenvalue weighted by atomic mass is 16.5. The van der Waals surface area contributed by atoms with Crippen LogP contribution >= 0.6 is 0 Å². The van der Waals surface area contributed by atoms with Gasteiger partial charge in [-0.3, -0.25) is 9.59 Å². The van der Waals surface area contributed by atoms with Crippen molar-refractivity contribution in [1.82, 2.24) is 15.5 Å². The Kier molecular flexibility index (Phi) is 3.50. The molecule has 0 spiro atoms. The van der Waals surface area contributed by atoms with Crippen LogP contribution in [-0.4, -0.2) is 28.6 Å². The number of ether oxygens (including phenoxy) is 1. The lowest BCUT2D eigenvalue weighted by Gasteiger charge is -2.18. The Morgan fingerprint density at radius 3 is 3.00 bits per heavy atom.